The van der Waals surface area contributed by atoms with Gasteiger partial charge in [0.15, 0.2) is 0 Å². The Hall–Kier alpha value is -2.05. The van der Waals surface area contributed by atoms with Crippen molar-refractivity contribution in [2.75, 3.05) is 26.8 Å². The molecule has 0 radical (unpaired) electrons. The molecule has 1 aliphatic rings. The molecule has 6 heteroatoms. The maximum absolute atomic E-state index is 13.4. The van der Waals surface area contributed by atoms with Gasteiger partial charge in [0.25, 0.3) is 5.91 Å². The molecule has 0 saturated carbocycles. The van der Waals surface area contributed by atoms with E-state index in [-0.39, 0.29) is 17.8 Å². The summed E-state index contributed by atoms with van der Waals surface area (Å²) in [6, 6.07) is 6.03. The predicted molar refractivity (Wildman–Crippen MR) is 88.4 cm³/mol. The van der Waals surface area contributed by atoms with Gasteiger partial charge in [-0.15, -0.1) is 0 Å². The summed E-state index contributed by atoms with van der Waals surface area (Å²) in [5.74, 6) is -0.479. The van der Waals surface area contributed by atoms with Crippen molar-refractivity contribution in [2.45, 2.75) is 25.6 Å². The molecule has 1 fully saturated rings. The number of pyridine rings is 1. The van der Waals surface area contributed by atoms with Crippen LogP contribution in [0, 0.1) is 5.82 Å². The Balaban J connectivity index is 1.87. The highest BCUT2D eigenvalue weighted by Gasteiger charge is 2.36. The smallest absolute Gasteiger partial charge is 0.255 e. The van der Waals surface area contributed by atoms with Crippen LogP contribution in [0.15, 0.2) is 30.5 Å². The predicted octanol–water partition coefficient (Wildman–Crippen LogP) is 2.64. The first-order chi connectivity index (χ1) is 11.4. The number of fused-ring (bicyclic) bond motifs is 1. The standard InChI is InChI=1S/C18H21FN2O3/c1-18(2)11-21(9-15(24-18)10-23-3)17(22)13-6-12-7-14(19)4-5-16(12)20-8-13/h4-8,15H,9-11H2,1-3H3/t15-/m0/s1. The number of carbonyl (C=O) groups excluding carboxylic acids is 1. The highest BCUT2D eigenvalue weighted by atomic mass is 19.1. The second-order valence-corrected chi connectivity index (χ2v) is 6.70. The first-order valence-corrected chi connectivity index (χ1v) is 7.89. The van der Waals surface area contributed by atoms with Crippen LogP contribution in [0.5, 0.6) is 0 Å². The van der Waals surface area contributed by atoms with Crippen molar-refractivity contribution in [3.05, 3.63) is 41.8 Å². The molecule has 0 N–H and O–H groups in total. The Morgan fingerprint density at radius 2 is 2.25 bits per heavy atom. The Morgan fingerprint density at radius 3 is 3.00 bits per heavy atom. The first kappa shape index (κ1) is 16.8. The van der Waals surface area contributed by atoms with E-state index in [1.165, 1.54) is 18.3 Å². The lowest BCUT2D eigenvalue weighted by Crippen LogP contribution is -2.55. The van der Waals surface area contributed by atoms with Crippen LogP contribution in [0.3, 0.4) is 0 Å². The van der Waals surface area contributed by atoms with Crippen LogP contribution in [0.1, 0.15) is 24.2 Å². The fraction of sp³-hybridized carbons (Fsp3) is 0.444. The first-order valence-electron chi connectivity index (χ1n) is 7.89. The monoisotopic (exact) mass is 332 g/mol. The number of hydrogen-bond acceptors (Lipinski definition) is 4. The molecule has 0 bridgehead atoms. The number of methoxy groups -OCH3 is 1. The molecule has 5 nitrogen and oxygen atoms in total. The van der Waals surface area contributed by atoms with Gasteiger partial charge in [0.1, 0.15) is 5.82 Å². The van der Waals surface area contributed by atoms with Gasteiger partial charge in [-0.25, -0.2) is 4.39 Å². The maximum Gasteiger partial charge on any atom is 0.255 e. The molecular weight excluding hydrogens is 311 g/mol. The van der Waals surface area contributed by atoms with Gasteiger partial charge in [-0.3, -0.25) is 9.78 Å². The van der Waals surface area contributed by atoms with Crippen molar-refractivity contribution in [2.24, 2.45) is 0 Å². The lowest BCUT2D eigenvalue weighted by Gasteiger charge is -2.42. The molecule has 1 aromatic heterocycles. The van der Waals surface area contributed by atoms with Crippen molar-refractivity contribution in [1.82, 2.24) is 9.88 Å². The van der Waals surface area contributed by atoms with Crippen LogP contribution in [0.4, 0.5) is 4.39 Å². The average molecular weight is 332 g/mol. The van der Waals surface area contributed by atoms with Crippen molar-refractivity contribution < 1.29 is 18.7 Å². The molecule has 1 atom stereocenters. The molecule has 2 aromatic rings. The van der Waals surface area contributed by atoms with Gasteiger partial charge in [-0.2, -0.15) is 0 Å². The number of hydrogen-bond donors (Lipinski definition) is 0. The van der Waals surface area contributed by atoms with E-state index < -0.39 is 5.60 Å². The summed E-state index contributed by atoms with van der Waals surface area (Å²) in [6.07, 6.45) is 1.37. The maximum atomic E-state index is 13.4. The lowest BCUT2D eigenvalue weighted by molar-refractivity contribution is -0.143. The second kappa shape index (κ2) is 6.45. The van der Waals surface area contributed by atoms with Crippen LogP contribution in [0.25, 0.3) is 10.9 Å². The van der Waals surface area contributed by atoms with Gasteiger partial charge in [0, 0.05) is 31.8 Å². The van der Waals surface area contributed by atoms with Crippen molar-refractivity contribution in [3.8, 4) is 0 Å². The zero-order valence-electron chi connectivity index (χ0n) is 14.1. The number of benzene rings is 1. The van der Waals surface area contributed by atoms with Gasteiger partial charge in [0.05, 0.1) is 29.4 Å². The largest absolute Gasteiger partial charge is 0.382 e. The minimum Gasteiger partial charge on any atom is -0.382 e. The van der Waals surface area contributed by atoms with E-state index >= 15 is 0 Å². The molecule has 0 spiro atoms. The molecule has 1 aliphatic heterocycles. The van der Waals surface area contributed by atoms with Crippen molar-refractivity contribution in [3.63, 3.8) is 0 Å². The van der Waals surface area contributed by atoms with Crippen LogP contribution < -0.4 is 0 Å². The fourth-order valence-corrected chi connectivity index (χ4v) is 3.13. The minimum absolute atomic E-state index is 0.133. The van der Waals surface area contributed by atoms with Gasteiger partial charge >= 0.3 is 0 Å². The summed E-state index contributed by atoms with van der Waals surface area (Å²) in [7, 11) is 1.61. The third-order valence-electron chi connectivity index (χ3n) is 4.01. The molecule has 2 heterocycles. The normalized spacial score (nSPS) is 20.3. The lowest BCUT2D eigenvalue weighted by atomic mass is 10.0. The van der Waals surface area contributed by atoms with E-state index in [9.17, 15) is 9.18 Å². The Bertz CT molecular complexity index is 763. The van der Waals surface area contributed by atoms with Gasteiger partial charge in [0.2, 0.25) is 0 Å². The molecule has 0 aliphatic carbocycles. The van der Waals surface area contributed by atoms with E-state index in [2.05, 4.69) is 4.98 Å². The third-order valence-corrected chi connectivity index (χ3v) is 4.01. The zero-order valence-corrected chi connectivity index (χ0v) is 14.1. The molecule has 1 aromatic carbocycles. The van der Waals surface area contributed by atoms with Crippen LogP contribution in [-0.4, -0.2) is 54.3 Å². The number of halogens is 1. The number of amides is 1. The van der Waals surface area contributed by atoms with Crippen molar-refractivity contribution in [1.29, 1.82) is 0 Å². The second-order valence-electron chi connectivity index (χ2n) is 6.70. The average Bonchev–Trinajstić information content (AvgIpc) is 2.52. The van der Waals surface area contributed by atoms with E-state index in [0.717, 1.165) is 0 Å². The summed E-state index contributed by atoms with van der Waals surface area (Å²) in [5, 5.41) is 0.613. The summed E-state index contributed by atoms with van der Waals surface area (Å²) < 4.78 is 24.5. The van der Waals surface area contributed by atoms with Crippen LogP contribution >= 0.6 is 0 Å². The molecule has 0 unspecified atom stereocenters. The molecular formula is C18H21FN2O3. The summed E-state index contributed by atoms with van der Waals surface area (Å²) >= 11 is 0. The molecule has 1 saturated heterocycles. The van der Waals surface area contributed by atoms with E-state index in [0.29, 0.717) is 36.2 Å². The number of nitrogens with zero attached hydrogens (tertiary/aromatic N) is 2. The zero-order chi connectivity index (χ0) is 17.3. The SMILES string of the molecule is COC[C@@H]1CN(C(=O)c2cnc3ccc(F)cc3c2)CC(C)(C)O1. The number of carbonyl (C=O) groups is 1. The van der Waals surface area contributed by atoms with Crippen LogP contribution in [-0.2, 0) is 9.47 Å². The Kier molecular flexibility index (Phi) is 4.51. The Labute approximate surface area is 140 Å². The molecule has 1 amide bonds. The topological polar surface area (TPSA) is 51.7 Å². The summed E-state index contributed by atoms with van der Waals surface area (Å²) in [5.41, 5.74) is 0.655. The highest BCUT2D eigenvalue weighted by molar-refractivity contribution is 5.97. The van der Waals surface area contributed by atoms with E-state index in [1.54, 1.807) is 24.1 Å². The summed E-state index contributed by atoms with van der Waals surface area (Å²) in [6.45, 7) is 5.26. The van der Waals surface area contributed by atoms with Gasteiger partial charge in [-0.1, -0.05) is 0 Å². The molecule has 128 valence electrons. The minimum atomic E-state index is -0.451. The van der Waals surface area contributed by atoms with Crippen molar-refractivity contribution >= 4 is 16.8 Å². The fourth-order valence-electron chi connectivity index (χ4n) is 3.13. The molecule has 3 rings (SSSR count). The molecule has 24 heavy (non-hydrogen) atoms. The van der Waals surface area contributed by atoms with Gasteiger partial charge in [-0.05, 0) is 38.1 Å². The number of ether oxygens (including phenoxy) is 2. The van der Waals surface area contributed by atoms with E-state index in [1.807, 2.05) is 13.8 Å². The third kappa shape index (κ3) is 3.55. The van der Waals surface area contributed by atoms with E-state index in [4.69, 9.17) is 9.47 Å². The van der Waals surface area contributed by atoms with Gasteiger partial charge < -0.3 is 14.4 Å². The number of aromatic nitrogens is 1. The quantitative estimate of drug-likeness (QED) is 0.867. The Morgan fingerprint density at radius 1 is 1.46 bits per heavy atom. The number of morpholine rings is 1. The highest BCUT2D eigenvalue weighted by Crippen LogP contribution is 2.23. The summed E-state index contributed by atoms with van der Waals surface area (Å²) in [4.78, 5) is 18.9. The van der Waals surface area contributed by atoms with Crippen LogP contribution in [0.2, 0.25) is 0 Å². The number of rotatable bonds is 3.